The molecule has 0 aliphatic rings. The van der Waals surface area contributed by atoms with Crippen LogP contribution in [-0.2, 0) is 0 Å². The Hall–Kier alpha value is -1.49. The lowest BCUT2D eigenvalue weighted by molar-refractivity contribution is 0.485. The van der Waals surface area contributed by atoms with E-state index in [1.165, 1.54) is 0 Å². The van der Waals surface area contributed by atoms with Crippen LogP contribution in [-0.4, -0.2) is 26.1 Å². The minimum absolute atomic E-state index is 0.249. The van der Waals surface area contributed by atoms with Crippen LogP contribution in [0.3, 0.4) is 0 Å². The van der Waals surface area contributed by atoms with Crippen molar-refractivity contribution in [2.24, 2.45) is 11.7 Å². The van der Waals surface area contributed by atoms with Gasteiger partial charge in [-0.25, -0.2) is 4.98 Å². The number of nitrogens with zero attached hydrogens (tertiary/aromatic N) is 4. The Balaban J connectivity index is 2.37. The van der Waals surface area contributed by atoms with E-state index in [1.54, 1.807) is 6.20 Å². The molecular weight excluding hydrogens is 202 g/mol. The topological polar surface area (TPSA) is 69.1 Å². The van der Waals surface area contributed by atoms with Crippen molar-refractivity contribution in [1.82, 2.24) is 19.6 Å². The Morgan fingerprint density at radius 3 is 2.88 bits per heavy atom. The molecule has 0 aliphatic carbocycles. The maximum atomic E-state index is 5.80. The molecule has 0 aromatic carbocycles. The van der Waals surface area contributed by atoms with Crippen LogP contribution in [0.5, 0.6) is 0 Å². The van der Waals surface area contributed by atoms with Crippen molar-refractivity contribution in [3.05, 3.63) is 24.3 Å². The van der Waals surface area contributed by atoms with E-state index < -0.39 is 0 Å². The van der Waals surface area contributed by atoms with E-state index in [2.05, 4.69) is 29.0 Å². The van der Waals surface area contributed by atoms with Crippen LogP contribution in [0.15, 0.2) is 18.5 Å². The Labute approximate surface area is 94.7 Å². The van der Waals surface area contributed by atoms with Crippen LogP contribution in [0.1, 0.15) is 32.0 Å². The summed E-state index contributed by atoms with van der Waals surface area (Å²) in [5.41, 5.74) is 5.80. The van der Waals surface area contributed by atoms with Crippen LogP contribution in [0, 0.1) is 5.92 Å². The fourth-order valence-electron chi connectivity index (χ4n) is 1.91. The highest BCUT2D eigenvalue weighted by atomic mass is 15.3. The first kappa shape index (κ1) is 11.0. The van der Waals surface area contributed by atoms with Crippen LogP contribution in [0.4, 0.5) is 0 Å². The van der Waals surface area contributed by atoms with Crippen molar-refractivity contribution < 1.29 is 0 Å². The molecule has 2 rings (SSSR count). The van der Waals surface area contributed by atoms with Gasteiger partial charge < -0.3 is 5.73 Å². The molecule has 16 heavy (non-hydrogen) atoms. The quantitative estimate of drug-likeness (QED) is 0.839. The normalized spacial score (nSPS) is 13.5. The number of nitrogens with two attached hydrogens (primary N) is 1. The molecule has 2 heterocycles. The highest BCUT2D eigenvalue weighted by molar-refractivity contribution is 5.27. The van der Waals surface area contributed by atoms with Gasteiger partial charge in [0.1, 0.15) is 5.82 Å². The number of aromatic nitrogens is 4. The lowest BCUT2D eigenvalue weighted by atomic mass is 9.96. The van der Waals surface area contributed by atoms with Crippen molar-refractivity contribution in [3.8, 4) is 0 Å². The second kappa shape index (κ2) is 4.57. The molecule has 0 aliphatic heterocycles. The Kier molecular flexibility index (Phi) is 3.14. The average Bonchev–Trinajstić information content (AvgIpc) is 2.69. The van der Waals surface area contributed by atoms with Gasteiger partial charge >= 0.3 is 0 Å². The molecule has 5 nitrogen and oxygen atoms in total. The summed E-state index contributed by atoms with van der Waals surface area (Å²) in [6.45, 7) is 4.96. The molecule has 1 unspecified atom stereocenters. The first-order valence-corrected chi connectivity index (χ1v) is 5.58. The molecule has 0 saturated heterocycles. The smallest absolute Gasteiger partial charge is 0.254 e. The van der Waals surface area contributed by atoms with Crippen LogP contribution in [0.25, 0.3) is 5.78 Å². The molecule has 2 aromatic rings. The maximum absolute atomic E-state index is 5.80. The Morgan fingerprint density at radius 2 is 2.19 bits per heavy atom. The minimum atomic E-state index is 0.249. The third-order valence-corrected chi connectivity index (χ3v) is 2.62. The van der Waals surface area contributed by atoms with Crippen molar-refractivity contribution in [2.45, 2.75) is 26.2 Å². The van der Waals surface area contributed by atoms with Gasteiger partial charge in [-0.2, -0.15) is 0 Å². The largest absolute Gasteiger partial charge is 0.330 e. The molecule has 0 radical (unpaired) electrons. The van der Waals surface area contributed by atoms with Gasteiger partial charge in [0, 0.05) is 24.9 Å². The number of fused-ring (bicyclic) bond motifs is 1. The number of rotatable bonds is 4. The van der Waals surface area contributed by atoms with Crippen LogP contribution >= 0.6 is 0 Å². The molecule has 1 atom stereocenters. The summed E-state index contributed by atoms with van der Waals surface area (Å²) in [4.78, 5) is 4.15. The zero-order valence-corrected chi connectivity index (χ0v) is 9.67. The lowest BCUT2D eigenvalue weighted by Crippen LogP contribution is -2.17. The zero-order chi connectivity index (χ0) is 11.5. The maximum Gasteiger partial charge on any atom is 0.254 e. The van der Waals surface area contributed by atoms with Gasteiger partial charge in [-0.1, -0.05) is 13.8 Å². The molecule has 0 saturated carbocycles. The summed E-state index contributed by atoms with van der Waals surface area (Å²) in [5.74, 6) is 2.40. The summed E-state index contributed by atoms with van der Waals surface area (Å²) >= 11 is 0. The molecule has 2 aromatic heterocycles. The van der Waals surface area contributed by atoms with Gasteiger partial charge in [0.15, 0.2) is 0 Å². The molecule has 0 fully saturated rings. The van der Waals surface area contributed by atoms with Gasteiger partial charge in [-0.3, -0.25) is 4.40 Å². The summed E-state index contributed by atoms with van der Waals surface area (Å²) in [6.07, 6.45) is 4.67. The predicted octanol–water partition coefficient (Wildman–Crippen LogP) is 1.21. The molecule has 5 heteroatoms. The van der Waals surface area contributed by atoms with E-state index in [0.29, 0.717) is 18.2 Å². The molecule has 0 amide bonds. The first-order chi connectivity index (χ1) is 7.72. The third kappa shape index (κ3) is 2.04. The summed E-state index contributed by atoms with van der Waals surface area (Å²) in [6, 6.07) is 1.88. The van der Waals surface area contributed by atoms with Gasteiger partial charge in [0.25, 0.3) is 5.78 Å². The van der Waals surface area contributed by atoms with Gasteiger partial charge in [0.05, 0.1) is 0 Å². The van der Waals surface area contributed by atoms with E-state index in [9.17, 15) is 0 Å². The first-order valence-electron chi connectivity index (χ1n) is 5.58. The third-order valence-electron chi connectivity index (χ3n) is 2.62. The van der Waals surface area contributed by atoms with E-state index in [4.69, 9.17) is 5.73 Å². The number of hydrogen-bond acceptors (Lipinski definition) is 4. The van der Waals surface area contributed by atoms with Gasteiger partial charge in [-0.15, -0.1) is 10.2 Å². The molecule has 0 bridgehead atoms. The van der Waals surface area contributed by atoms with Crippen molar-refractivity contribution in [3.63, 3.8) is 0 Å². The van der Waals surface area contributed by atoms with Crippen molar-refractivity contribution in [2.75, 3.05) is 6.54 Å². The molecule has 2 N–H and O–H groups in total. The fourth-order valence-corrected chi connectivity index (χ4v) is 1.91. The summed E-state index contributed by atoms with van der Waals surface area (Å²) in [5, 5.41) is 8.23. The van der Waals surface area contributed by atoms with Crippen LogP contribution in [0.2, 0.25) is 0 Å². The Morgan fingerprint density at radius 1 is 1.38 bits per heavy atom. The van der Waals surface area contributed by atoms with E-state index >= 15 is 0 Å². The Bertz CT molecular complexity index is 462. The monoisotopic (exact) mass is 219 g/mol. The van der Waals surface area contributed by atoms with E-state index in [-0.39, 0.29) is 5.92 Å². The van der Waals surface area contributed by atoms with Gasteiger partial charge in [0.2, 0.25) is 0 Å². The number of hydrogen-bond donors (Lipinski definition) is 1. The predicted molar refractivity (Wildman–Crippen MR) is 62.0 cm³/mol. The van der Waals surface area contributed by atoms with Gasteiger partial charge in [-0.05, 0) is 18.4 Å². The highest BCUT2D eigenvalue weighted by Crippen LogP contribution is 2.21. The SMILES string of the molecule is CC(C)CC(CN)c1nnc2ncccn12. The average molecular weight is 219 g/mol. The standard InChI is InChI=1S/C11H17N5/c1-8(2)6-9(7-12)10-14-15-11-13-4-3-5-16(10)11/h3-5,8-9H,6-7,12H2,1-2H3. The van der Waals surface area contributed by atoms with Crippen molar-refractivity contribution in [1.29, 1.82) is 0 Å². The molecule has 86 valence electrons. The lowest BCUT2D eigenvalue weighted by Gasteiger charge is -2.14. The van der Waals surface area contributed by atoms with E-state index in [1.807, 2.05) is 16.7 Å². The van der Waals surface area contributed by atoms with Crippen molar-refractivity contribution >= 4 is 5.78 Å². The zero-order valence-electron chi connectivity index (χ0n) is 9.67. The molecule has 0 spiro atoms. The second-order valence-electron chi connectivity index (χ2n) is 4.41. The molecular formula is C11H17N5. The minimum Gasteiger partial charge on any atom is -0.330 e. The fraction of sp³-hybridized carbons (Fsp3) is 0.545. The highest BCUT2D eigenvalue weighted by Gasteiger charge is 2.18. The summed E-state index contributed by atoms with van der Waals surface area (Å²) in [7, 11) is 0. The van der Waals surface area contributed by atoms with E-state index in [0.717, 1.165) is 12.2 Å². The summed E-state index contributed by atoms with van der Waals surface area (Å²) < 4.78 is 1.92. The second-order valence-corrected chi connectivity index (χ2v) is 4.41. The van der Waals surface area contributed by atoms with Crippen LogP contribution < -0.4 is 5.73 Å².